The highest BCUT2D eigenvalue weighted by Crippen LogP contribution is 2.28. The first-order valence-electron chi connectivity index (χ1n) is 4.54. The fourth-order valence-electron chi connectivity index (χ4n) is 1.50. The van der Waals surface area contributed by atoms with Gasteiger partial charge in [0.1, 0.15) is 11.6 Å². The van der Waals surface area contributed by atoms with Crippen molar-refractivity contribution in [3.05, 3.63) is 28.6 Å². The molecular weight excluding hydrogens is 232 g/mol. The monoisotopic (exact) mass is 240 g/mol. The number of oxazole rings is 1. The summed E-state index contributed by atoms with van der Waals surface area (Å²) in [6.45, 7) is 1.67. The molecule has 3 N–H and O–H groups in total. The molecule has 0 aliphatic heterocycles. The van der Waals surface area contributed by atoms with Gasteiger partial charge >= 0.3 is 5.97 Å². The van der Waals surface area contributed by atoms with Crippen molar-refractivity contribution in [3.63, 3.8) is 0 Å². The molecule has 16 heavy (non-hydrogen) atoms. The van der Waals surface area contributed by atoms with Crippen LogP contribution in [0.25, 0.3) is 11.1 Å². The second kappa shape index (κ2) is 3.77. The number of halogens is 1. The lowest BCUT2D eigenvalue weighted by atomic mass is 10.1. The van der Waals surface area contributed by atoms with Crippen LogP contribution in [0.3, 0.4) is 0 Å². The maximum atomic E-state index is 10.8. The number of fused-ring (bicyclic) bond motifs is 1. The molecule has 0 aliphatic rings. The van der Waals surface area contributed by atoms with E-state index in [2.05, 4.69) is 4.98 Å². The van der Waals surface area contributed by atoms with Crippen LogP contribution in [0.15, 0.2) is 16.5 Å². The van der Waals surface area contributed by atoms with Crippen molar-refractivity contribution in [1.82, 2.24) is 4.98 Å². The van der Waals surface area contributed by atoms with Gasteiger partial charge in [-0.1, -0.05) is 11.6 Å². The molecule has 0 saturated heterocycles. The number of hydrogen-bond acceptors (Lipinski definition) is 4. The molecule has 5 nitrogen and oxygen atoms in total. The summed E-state index contributed by atoms with van der Waals surface area (Å²) in [5, 5.41) is 9.24. The Hall–Kier alpha value is -1.59. The maximum Gasteiger partial charge on any atom is 0.325 e. The first-order valence-corrected chi connectivity index (χ1v) is 4.92. The van der Waals surface area contributed by atoms with E-state index in [0.717, 1.165) is 0 Å². The van der Waals surface area contributed by atoms with E-state index < -0.39 is 12.0 Å². The largest absolute Gasteiger partial charge is 0.480 e. The van der Waals surface area contributed by atoms with Gasteiger partial charge in [0, 0.05) is 17.5 Å². The summed E-state index contributed by atoms with van der Waals surface area (Å²) in [7, 11) is 0. The molecule has 6 heteroatoms. The molecule has 0 radical (unpaired) electrons. The number of nitrogens with zero attached hydrogens (tertiary/aromatic N) is 1. The molecule has 2 rings (SSSR count). The number of hydrogen-bond donors (Lipinski definition) is 2. The predicted octanol–water partition coefficient (Wildman–Crippen LogP) is 1.87. The van der Waals surface area contributed by atoms with E-state index in [4.69, 9.17) is 26.9 Å². The Morgan fingerprint density at radius 1 is 1.62 bits per heavy atom. The number of benzene rings is 1. The Morgan fingerprint density at radius 3 is 2.94 bits per heavy atom. The molecule has 1 unspecified atom stereocenters. The number of carbonyl (C=O) groups is 1. The van der Waals surface area contributed by atoms with Crippen molar-refractivity contribution in [2.45, 2.75) is 13.0 Å². The van der Waals surface area contributed by atoms with Crippen LogP contribution >= 0.6 is 11.6 Å². The van der Waals surface area contributed by atoms with Crippen molar-refractivity contribution in [2.75, 3.05) is 0 Å². The fourth-order valence-corrected chi connectivity index (χ4v) is 1.72. The molecule has 0 saturated carbocycles. The molecule has 0 fully saturated rings. The normalized spacial score (nSPS) is 12.9. The Bertz CT molecular complexity index is 564. The molecule has 84 valence electrons. The topological polar surface area (TPSA) is 89.3 Å². The summed E-state index contributed by atoms with van der Waals surface area (Å²) in [5.74, 6) is -0.700. The first-order chi connectivity index (χ1) is 7.49. The van der Waals surface area contributed by atoms with Crippen LogP contribution in [0.1, 0.15) is 17.5 Å². The van der Waals surface area contributed by atoms with Crippen molar-refractivity contribution >= 4 is 28.7 Å². The molecule has 0 aliphatic carbocycles. The quantitative estimate of drug-likeness (QED) is 0.837. The minimum absolute atomic E-state index is 0.329. The molecule has 0 amide bonds. The molecule has 1 atom stereocenters. The van der Waals surface area contributed by atoms with Crippen LogP contribution in [-0.4, -0.2) is 16.1 Å². The molecule has 1 heterocycles. The Kier molecular flexibility index (Phi) is 2.57. The number of carboxylic acids is 1. The SMILES string of the molecule is Cc1nc2cc(Cl)cc(C(N)C(=O)O)c2o1. The van der Waals surface area contributed by atoms with Crippen molar-refractivity contribution in [3.8, 4) is 0 Å². The summed E-state index contributed by atoms with van der Waals surface area (Å²) < 4.78 is 5.31. The average molecular weight is 241 g/mol. The summed E-state index contributed by atoms with van der Waals surface area (Å²) in [6, 6.07) is 1.91. The van der Waals surface area contributed by atoms with Gasteiger partial charge in [-0.15, -0.1) is 0 Å². The highest BCUT2D eigenvalue weighted by atomic mass is 35.5. The Balaban J connectivity index is 2.71. The summed E-state index contributed by atoms with van der Waals surface area (Å²) >= 11 is 5.85. The second-order valence-corrected chi connectivity index (χ2v) is 3.83. The third-order valence-electron chi connectivity index (χ3n) is 2.19. The molecule has 2 aromatic rings. The molecule has 0 spiro atoms. The van der Waals surface area contributed by atoms with Gasteiger partial charge in [-0.05, 0) is 12.1 Å². The van der Waals surface area contributed by atoms with Gasteiger partial charge in [0.2, 0.25) is 0 Å². The zero-order valence-electron chi connectivity index (χ0n) is 8.40. The van der Waals surface area contributed by atoms with Crippen molar-refractivity contribution in [2.24, 2.45) is 5.73 Å². The lowest BCUT2D eigenvalue weighted by molar-refractivity contribution is -0.138. The third-order valence-corrected chi connectivity index (χ3v) is 2.41. The van der Waals surface area contributed by atoms with Gasteiger partial charge < -0.3 is 15.3 Å². The smallest absolute Gasteiger partial charge is 0.325 e. The van der Waals surface area contributed by atoms with Crippen molar-refractivity contribution in [1.29, 1.82) is 0 Å². The fraction of sp³-hybridized carbons (Fsp3) is 0.200. The minimum Gasteiger partial charge on any atom is -0.480 e. The van der Waals surface area contributed by atoms with Crippen LogP contribution in [0.5, 0.6) is 0 Å². The van der Waals surface area contributed by atoms with Crippen LogP contribution < -0.4 is 5.73 Å². The van der Waals surface area contributed by atoms with Crippen molar-refractivity contribution < 1.29 is 14.3 Å². The maximum absolute atomic E-state index is 10.8. The van der Waals surface area contributed by atoms with E-state index in [1.54, 1.807) is 13.0 Å². The number of aryl methyl sites for hydroxylation is 1. The van der Waals surface area contributed by atoms with Gasteiger partial charge in [0.15, 0.2) is 11.5 Å². The second-order valence-electron chi connectivity index (χ2n) is 3.39. The molecule has 1 aromatic carbocycles. The van der Waals surface area contributed by atoms with E-state index in [-0.39, 0.29) is 0 Å². The Labute approximate surface area is 95.8 Å². The minimum atomic E-state index is -1.17. The number of aliphatic carboxylic acids is 1. The zero-order valence-corrected chi connectivity index (χ0v) is 9.15. The molecule has 1 aromatic heterocycles. The van der Waals surface area contributed by atoms with Gasteiger partial charge in [0.05, 0.1) is 0 Å². The van der Waals surface area contributed by atoms with Crippen LogP contribution in [0.4, 0.5) is 0 Å². The standard InChI is InChI=1S/C10H9ClN2O3/c1-4-13-7-3-5(11)2-6(9(7)16-4)8(12)10(14)15/h2-3,8H,12H2,1H3,(H,14,15). The van der Waals surface area contributed by atoms with E-state index in [0.29, 0.717) is 27.6 Å². The zero-order chi connectivity index (χ0) is 11.9. The van der Waals surface area contributed by atoms with Crippen LogP contribution in [0.2, 0.25) is 5.02 Å². The summed E-state index contributed by atoms with van der Waals surface area (Å²) in [4.78, 5) is 14.9. The number of rotatable bonds is 2. The van der Waals surface area contributed by atoms with E-state index in [9.17, 15) is 4.79 Å². The summed E-state index contributed by atoms with van der Waals surface area (Å²) in [6.07, 6.45) is 0. The van der Waals surface area contributed by atoms with Gasteiger partial charge in [-0.2, -0.15) is 0 Å². The highest BCUT2D eigenvalue weighted by molar-refractivity contribution is 6.31. The summed E-state index contributed by atoms with van der Waals surface area (Å²) in [5.41, 5.74) is 6.75. The van der Waals surface area contributed by atoms with Gasteiger partial charge in [-0.3, -0.25) is 4.79 Å². The van der Waals surface area contributed by atoms with Gasteiger partial charge in [-0.25, -0.2) is 4.98 Å². The van der Waals surface area contributed by atoms with E-state index in [1.165, 1.54) is 6.07 Å². The first kappa shape index (κ1) is 10.9. The molecule has 0 bridgehead atoms. The van der Waals surface area contributed by atoms with Crippen LogP contribution in [-0.2, 0) is 4.79 Å². The average Bonchev–Trinajstić information content (AvgIpc) is 2.55. The Morgan fingerprint density at radius 2 is 2.31 bits per heavy atom. The van der Waals surface area contributed by atoms with Crippen LogP contribution in [0, 0.1) is 6.92 Å². The highest BCUT2D eigenvalue weighted by Gasteiger charge is 2.20. The third kappa shape index (κ3) is 1.75. The lowest BCUT2D eigenvalue weighted by Gasteiger charge is -2.07. The number of carboxylic acid groups (broad SMARTS) is 1. The number of nitrogens with two attached hydrogens (primary N) is 1. The van der Waals surface area contributed by atoms with Gasteiger partial charge in [0.25, 0.3) is 0 Å². The van der Waals surface area contributed by atoms with E-state index >= 15 is 0 Å². The predicted molar refractivity (Wildman–Crippen MR) is 58.3 cm³/mol. The number of aromatic nitrogens is 1. The van der Waals surface area contributed by atoms with E-state index in [1.807, 2.05) is 0 Å². The lowest BCUT2D eigenvalue weighted by Crippen LogP contribution is -2.20. The molecular formula is C10H9ClN2O3.